The number of hydrogen-bond acceptors (Lipinski definition) is 4. The predicted octanol–water partition coefficient (Wildman–Crippen LogP) is 4.37. The molecule has 2 aromatic rings. The highest BCUT2D eigenvalue weighted by molar-refractivity contribution is 6.04. The number of fused-ring (bicyclic) bond motifs is 2. The van der Waals surface area contributed by atoms with Crippen molar-refractivity contribution in [3.63, 3.8) is 0 Å². The maximum atomic E-state index is 12.4. The zero-order valence-electron chi connectivity index (χ0n) is 16.8. The molecule has 28 heavy (non-hydrogen) atoms. The molecule has 0 bridgehead atoms. The van der Waals surface area contributed by atoms with Gasteiger partial charge >= 0.3 is 0 Å². The van der Waals surface area contributed by atoms with Crippen LogP contribution in [-0.4, -0.2) is 47.7 Å². The Morgan fingerprint density at radius 2 is 1.82 bits per heavy atom. The first-order valence-corrected chi connectivity index (χ1v) is 10.0. The number of aliphatic imine (C=N–C) groups is 1. The van der Waals surface area contributed by atoms with Gasteiger partial charge in [0.2, 0.25) is 5.91 Å². The Morgan fingerprint density at radius 3 is 2.57 bits per heavy atom. The summed E-state index contributed by atoms with van der Waals surface area (Å²) in [6.07, 6.45) is 0.615. The second-order valence-electron chi connectivity index (χ2n) is 7.97. The predicted molar refractivity (Wildman–Crippen MR) is 112 cm³/mol. The van der Waals surface area contributed by atoms with E-state index in [9.17, 15) is 4.79 Å². The molecule has 5 nitrogen and oxygen atoms in total. The summed E-state index contributed by atoms with van der Waals surface area (Å²) >= 11 is 0. The van der Waals surface area contributed by atoms with Crippen LogP contribution in [0.15, 0.2) is 47.5 Å². The van der Waals surface area contributed by atoms with Crippen molar-refractivity contribution in [1.29, 1.82) is 0 Å². The molecule has 146 valence electrons. The second kappa shape index (κ2) is 7.66. The van der Waals surface area contributed by atoms with Crippen molar-refractivity contribution in [2.45, 2.75) is 27.2 Å². The average molecular weight is 377 g/mol. The minimum Gasteiger partial charge on any atom is -0.454 e. The molecule has 1 saturated heterocycles. The van der Waals surface area contributed by atoms with Gasteiger partial charge in [-0.2, -0.15) is 0 Å². The summed E-state index contributed by atoms with van der Waals surface area (Å²) in [5.74, 6) is 3.17. The Balaban J connectivity index is 1.63. The molecule has 0 spiro atoms. The van der Waals surface area contributed by atoms with Gasteiger partial charge in [0.1, 0.15) is 17.3 Å². The van der Waals surface area contributed by atoms with E-state index < -0.39 is 0 Å². The Labute approximate surface area is 166 Å². The van der Waals surface area contributed by atoms with Crippen LogP contribution in [0, 0.1) is 12.8 Å². The summed E-state index contributed by atoms with van der Waals surface area (Å²) in [7, 11) is 0. The molecule has 0 radical (unpaired) electrons. The molecule has 0 aliphatic carbocycles. The van der Waals surface area contributed by atoms with Crippen molar-refractivity contribution >= 4 is 17.4 Å². The molecule has 1 amide bonds. The summed E-state index contributed by atoms with van der Waals surface area (Å²) < 4.78 is 6.18. The Morgan fingerprint density at radius 1 is 1.07 bits per heavy atom. The molecule has 2 aliphatic heterocycles. The first kappa shape index (κ1) is 18.5. The lowest BCUT2D eigenvalue weighted by Crippen LogP contribution is -2.51. The second-order valence-corrected chi connectivity index (χ2v) is 7.97. The van der Waals surface area contributed by atoms with Crippen LogP contribution in [-0.2, 0) is 4.79 Å². The number of carbonyl (C=O) groups is 1. The monoisotopic (exact) mass is 377 g/mol. The molecule has 0 N–H and O–H groups in total. The third-order valence-corrected chi connectivity index (χ3v) is 5.20. The van der Waals surface area contributed by atoms with E-state index in [0.29, 0.717) is 12.3 Å². The van der Waals surface area contributed by atoms with Crippen molar-refractivity contribution < 1.29 is 9.53 Å². The highest BCUT2D eigenvalue weighted by Gasteiger charge is 2.27. The van der Waals surface area contributed by atoms with Gasteiger partial charge in [-0.1, -0.05) is 37.6 Å². The number of hydrogen-bond donors (Lipinski definition) is 0. The van der Waals surface area contributed by atoms with E-state index in [2.05, 4.69) is 37.8 Å². The van der Waals surface area contributed by atoms with Gasteiger partial charge in [-0.3, -0.25) is 4.79 Å². The van der Waals surface area contributed by atoms with Crippen LogP contribution in [0.4, 0.5) is 5.69 Å². The smallest absolute Gasteiger partial charge is 0.222 e. The molecule has 4 rings (SSSR count). The molecular formula is C23H27N3O2. The number of nitrogens with zero attached hydrogens (tertiary/aromatic N) is 3. The van der Waals surface area contributed by atoms with Gasteiger partial charge in [-0.15, -0.1) is 0 Å². The van der Waals surface area contributed by atoms with Crippen LogP contribution < -0.4 is 4.74 Å². The molecule has 2 aliphatic rings. The number of amidine groups is 1. The van der Waals surface area contributed by atoms with E-state index in [1.807, 2.05) is 35.2 Å². The maximum Gasteiger partial charge on any atom is 0.222 e. The first-order chi connectivity index (χ1) is 13.5. The number of piperazine rings is 1. The quantitative estimate of drug-likeness (QED) is 0.781. The lowest BCUT2D eigenvalue weighted by atomic mass is 10.1. The van der Waals surface area contributed by atoms with Crippen molar-refractivity contribution in [2.24, 2.45) is 10.9 Å². The Hall–Kier alpha value is -2.82. The Kier molecular flexibility index (Phi) is 5.07. The normalized spacial score (nSPS) is 16.1. The number of carbonyl (C=O) groups excluding carboxylic acids is 1. The molecule has 0 saturated carbocycles. The van der Waals surface area contributed by atoms with Crippen molar-refractivity contribution in [2.75, 3.05) is 26.2 Å². The molecule has 1 fully saturated rings. The van der Waals surface area contributed by atoms with Gasteiger partial charge in [0.25, 0.3) is 0 Å². The largest absolute Gasteiger partial charge is 0.454 e. The molecule has 2 heterocycles. The van der Waals surface area contributed by atoms with Crippen LogP contribution in [0.3, 0.4) is 0 Å². The summed E-state index contributed by atoms with van der Waals surface area (Å²) in [6.45, 7) is 9.27. The number of aryl methyl sites for hydroxylation is 1. The summed E-state index contributed by atoms with van der Waals surface area (Å²) in [5.41, 5.74) is 3.02. The average Bonchev–Trinajstić information content (AvgIpc) is 2.84. The lowest BCUT2D eigenvalue weighted by molar-refractivity contribution is -0.133. The zero-order valence-corrected chi connectivity index (χ0v) is 16.8. The highest BCUT2D eigenvalue weighted by atomic mass is 16.5. The van der Waals surface area contributed by atoms with Gasteiger partial charge in [0, 0.05) is 32.6 Å². The highest BCUT2D eigenvalue weighted by Crippen LogP contribution is 2.38. The lowest BCUT2D eigenvalue weighted by Gasteiger charge is -2.37. The standard InChI is InChI=1S/C23H27N3O2/c1-16(2)14-22(27)25-10-12-26(13-11-25)23-18-15-17(3)8-9-20(18)28-21-7-5-4-6-19(21)24-23/h4-9,15-16H,10-14H2,1-3H3. The fraction of sp³-hybridized carbons (Fsp3) is 0.391. The third kappa shape index (κ3) is 3.75. The van der Waals surface area contributed by atoms with Crippen molar-refractivity contribution in [1.82, 2.24) is 9.80 Å². The minimum atomic E-state index is 0.252. The fourth-order valence-corrected chi connectivity index (χ4v) is 3.72. The van der Waals surface area contributed by atoms with Crippen LogP contribution in [0.1, 0.15) is 31.4 Å². The van der Waals surface area contributed by atoms with Gasteiger partial charge in [-0.25, -0.2) is 4.99 Å². The number of amides is 1. The van der Waals surface area contributed by atoms with Gasteiger partial charge < -0.3 is 14.5 Å². The van der Waals surface area contributed by atoms with E-state index in [1.165, 1.54) is 5.56 Å². The van der Waals surface area contributed by atoms with E-state index in [0.717, 1.165) is 54.8 Å². The van der Waals surface area contributed by atoms with E-state index in [-0.39, 0.29) is 5.91 Å². The topological polar surface area (TPSA) is 45.1 Å². The SMILES string of the molecule is Cc1ccc2c(c1)C(N1CCN(C(=O)CC(C)C)CC1)=Nc1ccccc1O2. The molecule has 0 unspecified atom stereocenters. The van der Waals surface area contributed by atoms with E-state index >= 15 is 0 Å². The van der Waals surface area contributed by atoms with Crippen molar-refractivity contribution in [3.05, 3.63) is 53.6 Å². The molecule has 2 aromatic carbocycles. The fourth-order valence-electron chi connectivity index (χ4n) is 3.72. The molecule has 5 heteroatoms. The molecule has 0 atom stereocenters. The van der Waals surface area contributed by atoms with Gasteiger partial charge in [-0.05, 0) is 37.1 Å². The number of rotatable bonds is 2. The zero-order chi connectivity index (χ0) is 19.7. The summed E-state index contributed by atoms with van der Waals surface area (Å²) in [5, 5.41) is 0. The van der Waals surface area contributed by atoms with Crippen LogP contribution in [0.2, 0.25) is 0 Å². The molecule has 0 aromatic heterocycles. The molecular weight excluding hydrogens is 350 g/mol. The number of para-hydroxylation sites is 2. The minimum absolute atomic E-state index is 0.252. The maximum absolute atomic E-state index is 12.4. The Bertz CT molecular complexity index is 912. The van der Waals surface area contributed by atoms with Gasteiger partial charge in [0.05, 0.1) is 5.56 Å². The third-order valence-electron chi connectivity index (χ3n) is 5.20. The first-order valence-electron chi connectivity index (χ1n) is 10.0. The summed E-state index contributed by atoms with van der Waals surface area (Å²) in [4.78, 5) is 21.7. The van der Waals surface area contributed by atoms with Crippen LogP contribution >= 0.6 is 0 Å². The van der Waals surface area contributed by atoms with Crippen LogP contribution in [0.25, 0.3) is 0 Å². The number of ether oxygens (including phenoxy) is 1. The van der Waals surface area contributed by atoms with E-state index in [4.69, 9.17) is 9.73 Å². The van der Waals surface area contributed by atoms with Gasteiger partial charge in [0.15, 0.2) is 5.75 Å². The van der Waals surface area contributed by atoms with Crippen LogP contribution in [0.5, 0.6) is 11.5 Å². The van der Waals surface area contributed by atoms with Crippen molar-refractivity contribution in [3.8, 4) is 11.5 Å². The number of benzene rings is 2. The summed E-state index contributed by atoms with van der Waals surface area (Å²) in [6, 6.07) is 14.1. The van der Waals surface area contributed by atoms with E-state index in [1.54, 1.807) is 0 Å².